The largest absolute Gasteiger partial charge is 0.477 e. The number of pyridine rings is 1. The molecule has 3 aliphatic rings. The minimum atomic E-state index is -1.43. The molecular formula is C22H23F2N3O5. The van der Waals surface area contributed by atoms with Crippen molar-refractivity contribution < 1.29 is 28.2 Å². The van der Waals surface area contributed by atoms with Crippen LogP contribution >= 0.6 is 0 Å². The summed E-state index contributed by atoms with van der Waals surface area (Å²) in [5.41, 5.74) is -1.70. The molecule has 2 saturated heterocycles. The van der Waals surface area contributed by atoms with Gasteiger partial charge in [-0.15, -0.1) is 0 Å². The molecule has 170 valence electrons. The van der Waals surface area contributed by atoms with E-state index in [-0.39, 0.29) is 41.2 Å². The highest BCUT2D eigenvalue weighted by molar-refractivity contribution is 5.94. The van der Waals surface area contributed by atoms with Crippen LogP contribution in [0.25, 0.3) is 10.9 Å². The molecular weight excluding hydrogens is 424 g/mol. The third-order valence-electron chi connectivity index (χ3n) is 6.72. The molecule has 10 heteroatoms. The van der Waals surface area contributed by atoms with Gasteiger partial charge in [0.25, 0.3) is 0 Å². The van der Waals surface area contributed by atoms with Crippen LogP contribution in [0.5, 0.6) is 0 Å². The number of carbonyl (C=O) groups is 2. The molecule has 5 rings (SSSR count). The molecule has 1 aromatic carbocycles. The fraction of sp³-hybridized carbons (Fsp3) is 0.500. The van der Waals surface area contributed by atoms with E-state index >= 15 is 8.78 Å². The Hall–Kier alpha value is -3.17. The molecule has 1 N–H and O–H groups in total. The van der Waals surface area contributed by atoms with E-state index in [1.54, 1.807) is 16.7 Å². The number of likely N-dealkylation sites (tertiary alicyclic amines) is 1. The maximum Gasteiger partial charge on any atom is 0.409 e. The molecule has 2 unspecified atom stereocenters. The minimum Gasteiger partial charge on any atom is -0.477 e. The lowest BCUT2D eigenvalue weighted by atomic mass is 10.0. The Labute approximate surface area is 182 Å². The molecule has 0 bridgehead atoms. The van der Waals surface area contributed by atoms with Gasteiger partial charge in [-0.25, -0.2) is 18.4 Å². The fourth-order valence-electron chi connectivity index (χ4n) is 5.09. The van der Waals surface area contributed by atoms with Gasteiger partial charge in [0, 0.05) is 37.8 Å². The zero-order chi connectivity index (χ0) is 22.7. The van der Waals surface area contributed by atoms with Crippen LogP contribution in [0.1, 0.15) is 42.6 Å². The number of rotatable bonds is 4. The number of hydrogen-bond donors (Lipinski definition) is 1. The SMILES string of the molecule is CCOC(=O)N1CC2CCN(c3c(F)cc4c(=O)c(C(=O)O)cn(C5CC5)c4c3F)C2C1. The van der Waals surface area contributed by atoms with Crippen molar-refractivity contribution in [2.24, 2.45) is 5.92 Å². The number of aromatic carboxylic acids is 1. The zero-order valence-electron chi connectivity index (χ0n) is 17.5. The Morgan fingerprint density at radius 1 is 1.22 bits per heavy atom. The minimum absolute atomic E-state index is 0.0638. The van der Waals surface area contributed by atoms with Crippen LogP contribution in [-0.4, -0.2) is 58.9 Å². The highest BCUT2D eigenvalue weighted by Gasteiger charge is 2.45. The van der Waals surface area contributed by atoms with Crippen molar-refractivity contribution in [2.45, 2.75) is 38.3 Å². The topological polar surface area (TPSA) is 92.1 Å². The summed E-state index contributed by atoms with van der Waals surface area (Å²) in [4.78, 5) is 39.5. The van der Waals surface area contributed by atoms with E-state index in [1.807, 2.05) is 0 Å². The monoisotopic (exact) mass is 447 g/mol. The third-order valence-corrected chi connectivity index (χ3v) is 6.72. The lowest BCUT2D eigenvalue weighted by Crippen LogP contribution is -2.38. The molecule has 1 amide bonds. The Bertz CT molecular complexity index is 1190. The average Bonchev–Trinajstić information content (AvgIpc) is 3.38. The van der Waals surface area contributed by atoms with E-state index in [4.69, 9.17) is 4.74 Å². The molecule has 8 nitrogen and oxygen atoms in total. The van der Waals surface area contributed by atoms with Gasteiger partial charge in [-0.1, -0.05) is 0 Å². The molecule has 1 saturated carbocycles. The second-order valence-corrected chi connectivity index (χ2v) is 8.65. The van der Waals surface area contributed by atoms with Crippen molar-refractivity contribution in [3.05, 3.63) is 39.7 Å². The maximum atomic E-state index is 15.9. The van der Waals surface area contributed by atoms with Gasteiger partial charge in [-0.2, -0.15) is 0 Å². The molecule has 0 spiro atoms. The Balaban J connectivity index is 1.61. The summed E-state index contributed by atoms with van der Waals surface area (Å²) in [5.74, 6) is -3.14. The van der Waals surface area contributed by atoms with Crippen LogP contribution in [0, 0.1) is 17.6 Å². The lowest BCUT2D eigenvalue weighted by Gasteiger charge is -2.28. The Morgan fingerprint density at radius 2 is 1.97 bits per heavy atom. The first-order chi connectivity index (χ1) is 15.3. The van der Waals surface area contributed by atoms with Crippen LogP contribution in [-0.2, 0) is 4.74 Å². The van der Waals surface area contributed by atoms with Crippen molar-refractivity contribution in [3.8, 4) is 0 Å². The molecule has 3 heterocycles. The second kappa shape index (κ2) is 7.46. The number of aromatic nitrogens is 1. The number of amides is 1. The number of ether oxygens (including phenoxy) is 1. The van der Waals surface area contributed by atoms with Crippen molar-refractivity contribution in [1.29, 1.82) is 0 Å². The quantitative estimate of drug-likeness (QED) is 0.775. The predicted octanol–water partition coefficient (Wildman–Crippen LogP) is 2.98. The highest BCUT2D eigenvalue weighted by atomic mass is 19.1. The molecule has 2 aromatic rings. The smallest absolute Gasteiger partial charge is 0.409 e. The number of hydrogen-bond acceptors (Lipinski definition) is 5. The van der Waals surface area contributed by atoms with E-state index in [0.29, 0.717) is 26.1 Å². The van der Waals surface area contributed by atoms with Gasteiger partial charge in [0.15, 0.2) is 5.82 Å². The van der Waals surface area contributed by atoms with E-state index in [1.165, 1.54) is 10.8 Å². The summed E-state index contributed by atoms with van der Waals surface area (Å²) in [6, 6.07) is 0.564. The average molecular weight is 447 g/mol. The van der Waals surface area contributed by atoms with Gasteiger partial charge >= 0.3 is 12.1 Å². The number of anilines is 1. The van der Waals surface area contributed by atoms with Crippen LogP contribution < -0.4 is 10.3 Å². The Morgan fingerprint density at radius 3 is 2.62 bits per heavy atom. The number of fused-ring (bicyclic) bond motifs is 2. The van der Waals surface area contributed by atoms with Gasteiger partial charge in [-0.3, -0.25) is 4.79 Å². The predicted molar refractivity (Wildman–Crippen MR) is 111 cm³/mol. The van der Waals surface area contributed by atoms with Crippen molar-refractivity contribution in [1.82, 2.24) is 9.47 Å². The molecule has 3 fully saturated rings. The Kier molecular flexibility index (Phi) is 4.83. The number of carboxylic acid groups (broad SMARTS) is 1. The number of benzene rings is 1. The summed E-state index contributed by atoms with van der Waals surface area (Å²) < 4.78 is 37.7. The van der Waals surface area contributed by atoms with Crippen molar-refractivity contribution in [2.75, 3.05) is 31.1 Å². The van der Waals surface area contributed by atoms with Gasteiger partial charge in [0.2, 0.25) is 5.43 Å². The lowest BCUT2D eigenvalue weighted by molar-refractivity contribution is 0.0694. The standard InChI is InChI=1S/C22H23F2N3O5/c1-2-32-22(31)25-8-11-5-6-26(16(11)10-25)19-15(23)7-13-18(17(19)24)27(12-3-4-12)9-14(20(13)28)21(29)30/h7,9,11-12,16H,2-6,8,10H2,1H3,(H,29,30). The normalized spacial score (nSPS) is 22.5. The number of nitrogens with zero attached hydrogens (tertiary/aromatic N) is 3. The molecule has 1 aliphatic carbocycles. The molecule has 2 aliphatic heterocycles. The van der Waals surface area contributed by atoms with E-state index in [9.17, 15) is 19.5 Å². The summed E-state index contributed by atoms with van der Waals surface area (Å²) in [6.45, 7) is 3.15. The van der Waals surface area contributed by atoms with E-state index in [2.05, 4.69) is 0 Å². The first kappa shape index (κ1) is 20.7. The van der Waals surface area contributed by atoms with Gasteiger partial charge in [-0.05, 0) is 32.3 Å². The van der Waals surface area contributed by atoms with Gasteiger partial charge in [0.05, 0.1) is 23.6 Å². The summed E-state index contributed by atoms with van der Waals surface area (Å²) in [7, 11) is 0. The first-order valence-electron chi connectivity index (χ1n) is 10.8. The molecule has 0 radical (unpaired) electrons. The number of halogens is 2. The van der Waals surface area contributed by atoms with Crippen LogP contribution in [0.3, 0.4) is 0 Å². The zero-order valence-corrected chi connectivity index (χ0v) is 17.5. The highest BCUT2D eigenvalue weighted by Crippen LogP contribution is 2.42. The van der Waals surface area contributed by atoms with Crippen molar-refractivity contribution >= 4 is 28.7 Å². The second-order valence-electron chi connectivity index (χ2n) is 8.65. The molecule has 2 atom stereocenters. The third kappa shape index (κ3) is 3.11. The molecule has 1 aromatic heterocycles. The maximum absolute atomic E-state index is 15.9. The van der Waals surface area contributed by atoms with E-state index < -0.39 is 34.7 Å². The number of carbonyl (C=O) groups excluding carboxylic acids is 1. The van der Waals surface area contributed by atoms with Crippen molar-refractivity contribution in [3.63, 3.8) is 0 Å². The van der Waals surface area contributed by atoms with Crippen LogP contribution in [0.4, 0.5) is 19.3 Å². The summed E-state index contributed by atoms with van der Waals surface area (Å²) in [6.07, 6.45) is 2.86. The van der Waals surface area contributed by atoms with Gasteiger partial charge in [0.1, 0.15) is 17.1 Å². The molecule has 32 heavy (non-hydrogen) atoms. The number of carboxylic acids is 1. The van der Waals surface area contributed by atoms with Crippen LogP contribution in [0.15, 0.2) is 17.1 Å². The summed E-state index contributed by atoms with van der Waals surface area (Å²) in [5, 5.41) is 9.10. The van der Waals surface area contributed by atoms with Gasteiger partial charge < -0.3 is 24.2 Å². The first-order valence-corrected chi connectivity index (χ1v) is 10.8. The van der Waals surface area contributed by atoms with E-state index in [0.717, 1.165) is 18.9 Å². The summed E-state index contributed by atoms with van der Waals surface area (Å²) >= 11 is 0. The fourth-order valence-corrected chi connectivity index (χ4v) is 5.09. The van der Waals surface area contributed by atoms with Crippen LogP contribution in [0.2, 0.25) is 0 Å².